The van der Waals surface area contributed by atoms with Crippen LogP contribution in [-0.2, 0) is 0 Å². The summed E-state index contributed by atoms with van der Waals surface area (Å²) in [6.07, 6.45) is 4.36. The third-order valence-corrected chi connectivity index (χ3v) is 1.80. The van der Waals surface area contributed by atoms with Crippen molar-refractivity contribution in [1.82, 2.24) is 4.98 Å². The van der Waals surface area contributed by atoms with Gasteiger partial charge in [-0.15, -0.1) is 0 Å². The summed E-state index contributed by atoms with van der Waals surface area (Å²) < 4.78 is 0. The van der Waals surface area contributed by atoms with Gasteiger partial charge in [0.1, 0.15) is 11.3 Å². The van der Waals surface area contributed by atoms with Crippen LogP contribution in [0, 0.1) is 0 Å². The van der Waals surface area contributed by atoms with Crippen LogP contribution < -0.4 is 0 Å². The summed E-state index contributed by atoms with van der Waals surface area (Å²) in [5.74, 6) is 0. The van der Waals surface area contributed by atoms with E-state index in [9.17, 15) is 5.11 Å². The second-order valence-electron chi connectivity index (χ2n) is 2.35. The molecule has 0 aliphatic carbocycles. The zero-order valence-corrected chi connectivity index (χ0v) is 7.49. The van der Waals surface area contributed by atoms with Crippen molar-refractivity contribution in [2.75, 3.05) is 0 Å². The summed E-state index contributed by atoms with van der Waals surface area (Å²) in [5.41, 5.74) is 0.636. The molecule has 0 saturated heterocycles. The molecule has 0 aliphatic rings. The van der Waals surface area contributed by atoms with Crippen LogP contribution in [0.5, 0.6) is 0 Å². The predicted octanol–water partition coefficient (Wildman–Crippen LogP) is 2.34. The molecule has 1 aromatic heterocycles. The van der Waals surface area contributed by atoms with Gasteiger partial charge in [0.2, 0.25) is 0 Å². The third-order valence-electron chi connectivity index (χ3n) is 1.48. The molecule has 1 aromatic rings. The van der Waals surface area contributed by atoms with Gasteiger partial charge in [0.15, 0.2) is 0 Å². The SMILES string of the molecule is C/C=C/C(O)c1cccnc1Cl. The molecule has 12 heavy (non-hydrogen) atoms. The molecule has 1 heterocycles. The van der Waals surface area contributed by atoms with Crippen LogP contribution in [0.2, 0.25) is 5.15 Å². The van der Waals surface area contributed by atoms with Crippen molar-refractivity contribution >= 4 is 11.6 Å². The van der Waals surface area contributed by atoms with E-state index in [1.807, 2.05) is 6.92 Å². The molecule has 1 N–H and O–H groups in total. The average Bonchev–Trinajstić information content (AvgIpc) is 2.05. The van der Waals surface area contributed by atoms with Crippen molar-refractivity contribution in [2.45, 2.75) is 13.0 Å². The molecule has 2 nitrogen and oxygen atoms in total. The number of pyridine rings is 1. The van der Waals surface area contributed by atoms with Gasteiger partial charge in [-0.05, 0) is 13.0 Å². The molecule has 0 spiro atoms. The summed E-state index contributed by atoms with van der Waals surface area (Å²) >= 11 is 5.75. The molecule has 0 bridgehead atoms. The zero-order valence-electron chi connectivity index (χ0n) is 6.74. The first kappa shape index (κ1) is 9.23. The van der Waals surface area contributed by atoms with Gasteiger partial charge in [0, 0.05) is 11.8 Å². The first-order chi connectivity index (χ1) is 5.75. The third kappa shape index (κ3) is 2.06. The van der Waals surface area contributed by atoms with Gasteiger partial charge in [0.05, 0.1) is 0 Å². The molecule has 0 radical (unpaired) electrons. The van der Waals surface area contributed by atoms with Crippen molar-refractivity contribution in [3.63, 3.8) is 0 Å². The number of allylic oxidation sites excluding steroid dienone is 1. The van der Waals surface area contributed by atoms with E-state index in [-0.39, 0.29) is 0 Å². The highest BCUT2D eigenvalue weighted by Crippen LogP contribution is 2.20. The molecule has 0 saturated carbocycles. The molecular formula is C9H10ClNO. The van der Waals surface area contributed by atoms with E-state index in [0.29, 0.717) is 10.7 Å². The molecule has 0 aromatic carbocycles. The number of aliphatic hydroxyl groups excluding tert-OH is 1. The van der Waals surface area contributed by atoms with Crippen LogP contribution in [-0.4, -0.2) is 10.1 Å². The second-order valence-corrected chi connectivity index (χ2v) is 2.71. The molecule has 0 aliphatic heterocycles. The molecule has 0 amide bonds. The second kappa shape index (κ2) is 4.24. The maximum atomic E-state index is 9.49. The number of aromatic nitrogens is 1. The Morgan fingerprint density at radius 1 is 1.67 bits per heavy atom. The Kier molecular flexibility index (Phi) is 3.26. The van der Waals surface area contributed by atoms with Gasteiger partial charge in [-0.2, -0.15) is 0 Å². The highest BCUT2D eigenvalue weighted by atomic mass is 35.5. The van der Waals surface area contributed by atoms with Crippen LogP contribution in [0.1, 0.15) is 18.6 Å². The lowest BCUT2D eigenvalue weighted by atomic mass is 10.1. The number of aliphatic hydroxyl groups is 1. The summed E-state index contributed by atoms with van der Waals surface area (Å²) in [6, 6.07) is 3.49. The molecular weight excluding hydrogens is 174 g/mol. The van der Waals surface area contributed by atoms with Crippen LogP contribution in [0.3, 0.4) is 0 Å². The first-order valence-corrected chi connectivity index (χ1v) is 4.04. The minimum atomic E-state index is -0.656. The number of hydrogen-bond donors (Lipinski definition) is 1. The molecule has 1 atom stereocenters. The minimum Gasteiger partial charge on any atom is -0.384 e. The Balaban J connectivity index is 2.94. The van der Waals surface area contributed by atoms with E-state index in [1.54, 1.807) is 30.5 Å². The Bertz CT molecular complexity index is 286. The van der Waals surface area contributed by atoms with Crippen LogP contribution >= 0.6 is 11.6 Å². The summed E-state index contributed by atoms with van der Waals surface area (Å²) in [5, 5.41) is 9.84. The summed E-state index contributed by atoms with van der Waals surface area (Å²) in [4.78, 5) is 3.85. The Labute approximate surface area is 76.5 Å². The summed E-state index contributed by atoms with van der Waals surface area (Å²) in [7, 11) is 0. The monoisotopic (exact) mass is 183 g/mol. The smallest absolute Gasteiger partial charge is 0.135 e. The number of rotatable bonds is 2. The lowest BCUT2D eigenvalue weighted by Crippen LogP contribution is -1.94. The van der Waals surface area contributed by atoms with Crippen molar-refractivity contribution in [1.29, 1.82) is 0 Å². The van der Waals surface area contributed by atoms with E-state index in [4.69, 9.17) is 11.6 Å². The van der Waals surface area contributed by atoms with E-state index in [2.05, 4.69) is 4.98 Å². The first-order valence-electron chi connectivity index (χ1n) is 3.67. The van der Waals surface area contributed by atoms with Gasteiger partial charge < -0.3 is 5.11 Å². The van der Waals surface area contributed by atoms with Crippen LogP contribution in [0.25, 0.3) is 0 Å². The molecule has 0 fully saturated rings. The molecule has 1 rings (SSSR count). The Morgan fingerprint density at radius 3 is 3.00 bits per heavy atom. The van der Waals surface area contributed by atoms with Crippen molar-refractivity contribution in [3.8, 4) is 0 Å². The lowest BCUT2D eigenvalue weighted by molar-refractivity contribution is 0.228. The van der Waals surface area contributed by atoms with E-state index in [0.717, 1.165) is 0 Å². The van der Waals surface area contributed by atoms with Crippen LogP contribution in [0.15, 0.2) is 30.5 Å². The van der Waals surface area contributed by atoms with Crippen molar-refractivity contribution < 1.29 is 5.11 Å². The number of hydrogen-bond acceptors (Lipinski definition) is 2. The summed E-state index contributed by atoms with van der Waals surface area (Å²) in [6.45, 7) is 1.84. The normalized spacial score (nSPS) is 13.6. The van der Waals surface area contributed by atoms with E-state index in [1.165, 1.54) is 0 Å². The molecule has 1 unspecified atom stereocenters. The lowest BCUT2D eigenvalue weighted by Gasteiger charge is -2.05. The van der Waals surface area contributed by atoms with Gasteiger partial charge >= 0.3 is 0 Å². The predicted molar refractivity (Wildman–Crippen MR) is 49.0 cm³/mol. The molecule has 3 heteroatoms. The largest absolute Gasteiger partial charge is 0.384 e. The average molecular weight is 184 g/mol. The maximum absolute atomic E-state index is 9.49. The van der Waals surface area contributed by atoms with Gasteiger partial charge in [-0.3, -0.25) is 0 Å². The Hall–Kier alpha value is -0.860. The van der Waals surface area contributed by atoms with Gasteiger partial charge in [-0.1, -0.05) is 29.8 Å². The van der Waals surface area contributed by atoms with E-state index >= 15 is 0 Å². The van der Waals surface area contributed by atoms with Crippen molar-refractivity contribution in [2.24, 2.45) is 0 Å². The van der Waals surface area contributed by atoms with Crippen LogP contribution in [0.4, 0.5) is 0 Å². The van der Waals surface area contributed by atoms with Crippen molar-refractivity contribution in [3.05, 3.63) is 41.2 Å². The fraction of sp³-hybridized carbons (Fsp3) is 0.222. The quantitative estimate of drug-likeness (QED) is 0.564. The highest BCUT2D eigenvalue weighted by Gasteiger charge is 2.07. The fourth-order valence-corrected chi connectivity index (χ4v) is 1.14. The molecule has 64 valence electrons. The topological polar surface area (TPSA) is 33.1 Å². The zero-order chi connectivity index (χ0) is 8.97. The van der Waals surface area contributed by atoms with Gasteiger partial charge in [0.25, 0.3) is 0 Å². The van der Waals surface area contributed by atoms with E-state index < -0.39 is 6.10 Å². The number of halogens is 1. The van der Waals surface area contributed by atoms with Gasteiger partial charge in [-0.25, -0.2) is 4.98 Å². The Morgan fingerprint density at radius 2 is 2.42 bits per heavy atom. The number of nitrogens with zero attached hydrogens (tertiary/aromatic N) is 1. The fourth-order valence-electron chi connectivity index (χ4n) is 0.905. The minimum absolute atomic E-state index is 0.350. The standard InChI is InChI=1S/C9H10ClNO/c1-2-4-8(12)7-5-3-6-11-9(7)10/h2-6,8,12H,1H3/b4-2+. The highest BCUT2D eigenvalue weighted by molar-refractivity contribution is 6.30. The maximum Gasteiger partial charge on any atom is 0.135 e.